The second-order valence-corrected chi connectivity index (χ2v) is 8.25. The zero-order chi connectivity index (χ0) is 17.6. The summed E-state index contributed by atoms with van der Waals surface area (Å²) < 4.78 is 34.1. The number of ether oxygens (including phenoxy) is 2. The van der Waals surface area contributed by atoms with Gasteiger partial charge in [0, 0.05) is 25.4 Å². The molecule has 1 heterocycles. The molecule has 24 heavy (non-hydrogen) atoms. The van der Waals surface area contributed by atoms with Gasteiger partial charge >= 0.3 is 0 Å². The van der Waals surface area contributed by atoms with Crippen LogP contribution in [0.5, 0.6) is 5.75 Å². The molecule has 0 bridgehead atoms. The maximum atomic E-state index is 11.8. The van der Waals surface area contributed by atoms with Crippen LogP contribution in [0.25, 0.3) is 0 Å². The van der Waals surface area contributed by atoms with E-state index in [1.807, 2.05) is 36.1 Å². The van der Waals surface area contributed by atoms with Gasteiger partial charge in [-0.3, -0.25) is 0 Å². The lowest BCUT2D eigenvalue weighted by Gasteiger charge is -2.30. The van der Waals surface area contributed by atoms with Gasteiger partial charge < -0.3 is 19.7 Å². The molecule has 0 spiro atoms. The van der Waals surface area contributed by atoms with Crippen molar-refractivity contribution in [3.05, 3.63) is 24.3 Å². The topological polar surface area (TPSA) is 67.9 Å². The standard InChI is InChI=1S/C16H24N2O4S2/c1-3-22-15-6-4-13(5-7-15)17-16(23)18(9-10-21-2)14-8-11-24(19,20)12-14/h4-7,14H,3,8-12H2,1-2H3,(H,17,23)/t14-/m1/s1. The van der Waals surface area contributed by atoms with E-state index in [4.69, 9.17) is 21.7 Å². The predicted octanol–water partition coefficient (Wildman–Crippen LogP) is 1.92. The normalized spacial score (nSPS) is 19.0. The number of nitrogens with one attached hydrogen (secondary N) is 1. The van der Waals surface area contributed by atoms with Gasteiger partial charge in [0.2, 0.25) is 0 Å². The molecule has 0 amide bonds. The molecule has 0 radical (unpaired) electrons. The Labute approximate surface area is 149 Å². The Kier molecular flexibility index (Phi) is 6.82. The van der Waals surface area contributed by atoms with E-state index in [0.717, 1.165) is 11.4 Å². The van der Waals surface area contributed by atoms with Crippen molar-refractivity contribution in [1.29, 1.82) is 0 Å². The van der Waals surface area contributed by atoms with Gasteiger partial charge in [-0.1, -0.05) is 0 Å². The summed E-state index contributed by atoms with van der Waals surface area (Å²) in [5.41, 5.74) is 0.840. The number of methoxy groups -OCH3 is 1. The Hall–Kier alpha value is -1.38. The van der Waals surface area contributed by atoms with Crippen molar-refractivity contribution in [3.63, 3.8) is 0 Å². The molecule has 134 valence electrons. The minimum absolute atomic E-state index is 0.104. The first-order chi connectivity index (χ1) is 11.4. The summed E-state index contributed by atoms with van der Waals surface area (Å²) in [6.45, 7) is 3.60. The van der Waals surface area contributed by atoms with Gasteiger partial charge in [-0.2, -0.15) is 0 Å². The Morgan fingerprint density at radius 2 is 2.08 bits per heavy atom. The third kappa shape index (κ3) is 5.32. The minimum atomic E-state index is -2.97. The Morgan fingerprint density at radius 3 is 2.62 bits per heavy atom. The van der Waals surface area contributed by atoms with Gasteiger partial charge in [0.15, 0.2) is 14.9 Å². The number of hydrogen-bond donors (Lipinski definition) is 1. The fourth-order valence-electron chi connectivity index (χ4n) is 2.66. The van der Waals surface area contributed by atoms with E-state index in [0.29, 0.717) is 31.3 Å². The number of hydrogen-bond acceptors (Lipinski definition) is 5. The molecule has 0 saturated carbocycles. The highest BCUT2D eigenvalue weighted by Gasteiger charge is 2.33. The van der Waals surface area contributed by atoms with Crippen LogP contribution in [0.2, 0.25) is 0 Å². The van der Waals surface area contributed by atoms with Crippen LogP contribution in [0.15, 0.2) is 24.3 Å². The first-order valence-corrected chi connectivity index (χ1v) is 10.2. The van der Waals surface area contributed by atoms with Gasteiger partial charge in [-0.05, 0) is 49.8 Å². The molecule has 1 aliphatic heterocycles. The van der Waals surface area contributed by atoms with E-state index in [1.54, 1.807) is 7.11 Å². The number of nitrogens with zero attached hydrogens (tertiary/aromatic N) is 1. The maximum absolute atomic E-state index is 11.8. The molecule has 1 atom stereocenters. The summed E-state index contributed by atoms with van der Waals surface area (Å²) in [6.07, 6.45) is 0.594. The van der Waals surface area contributed by atoms with Crippen LogP contribution in [0, 0.1) is 0 Å². The van der Waals surface area contributed by atoms with Crippen LogP contribution in [-0.2, 0) is 14.6 Å². The SMILES string of the molecule is CCOc1ccc(NC(=S)N(CCOC)[C@@H]2CCS(=O)(=O)C2)cc1. The van der Waals surface area contributed by atoms with Crippen LogP contribution in [0.4, 0.5) is 5.69 Å². The van der Waals surface area contributed by atoms with Crippen molar-refractivity contribution in [2.45, 2.75) is 19.4 Å². The molecular formula is C16H24N2O4S2. The second-order valence-electron chi connectivity index (χ2n) is 5.63. The van der Waals surface area contributed by atoms with Gasteiger partial charge in [0.25, 0.3) is 0 Å². The van der Waals surface area contributed by atoms with Crippen LogP contribution in [0.1, 0.15) is 13.3 Å². The third-order valence-electron chi connectivity index (χ3n) is 3.86. The number of benzene rings is 1. The number of anilines is 1. The summed E-state index contributed by atoms with van der Waals surface area (Å²) in [5.74, 6) is 1.15. The van der Waals surface area contributed by atoms with Crippen molar-refractivity contribution < 1.29 is 17.9 Å². The van der Waals surface area contributed by atoms with Gasteiger partial charge in [0.1, 0.15) is 5.75 Å². The molecule has 1 fully saturated rings. The van der Waals surface area contributed by atoms with Gasteiger partial charge in [-0.25, -0.2) is 8.42 Å². The van der Waals surface area contributed by atoms with E-state index in [1.165, 1.54) is 0 Å². The van der Waals surface area contributed by atoms with Crippen LogP contribution < -0.4 is 10.1 Å². The van der Waals surface area contributed by atoms with E-state index in [2.05, 4.69) is 5.32 Å². The first kappa shape index (κ1) is 19.0. The van der Waals surface area contributed by atoms with E-state index in [-0.39, 0.29) is 17.5 Å². The van der Waals surface area contributed by atoms with Crippen molar-refractivity contribution >= 4 is 32.9 Å². The molecule has 0 unspecified atom stereocenters. The average molecular weight is 373 g/mol. The molecule has 2 rings (SSSR count). The molecular weight excluding hydrogens is 348 g/mol. The quantitative estimate of drug-likeness (QED) is 0.734. The monoisotopic (exact) mass is 372 g/mol. The highest BCUT2D eigenvalue weighted by molar-refractivity contribution is 7.91. The van der Waals surface area contributed by atoms with Crippen molar-refractivity contribution in [2.24, 2.45) is 0 Å². The molecule has 1 N–H and O–H groups in total. The fourth-order valence-corrected chi connectivity index (χ4v) is 4.75. The van der Waals surface area contributed by atoms with Gasteiger partial charge in [-0.15, -0.1) is 0 Å². The zero-order valence-corrected chi connectivity index (χ0v) is 15.7. The highest BCUT2D eigenvalue weighted by atomic mass is 32.2. The molecule has 8 heteroatoms. The molecule has 0 aromatic heterocycles. The largest absolute Gasteiger partial charge is 0.494 e. The van der Waals surface area contributed by atoms with Crippen molar-refractivity contribution in [3.8, 4) is 5.75 Å². The Morgan fingerprint density at radius 1 is 1.38 bits per heavy atom. The molecule has 1 aromatic rings. The number of sulfone groups is 1. The second kappa shape index (κ2) is 8.64. The highest BCUT2D eigenvalue weighted by Crippen LogP contribution is 2.20. The van der Waals surface area contributed by atoms with E-state index in [9.17, 15) is 8.42 Å². The van der Waals surface area contributed by atoms with Crippen LogP contribution >= 0.6 is 12.2 Å². The average Bonchev–Trinajstić information content (AvgIpc) is 2.90. The lowest BCUT2D eigenvalue weighted by Crippen LogP contribution is -2.45. The Balaban J connectivity index is 2.04. The van der Waals surface area contributed by atoms with E-state index < -0.39 is 9.84 Å². The number of rotatable bonds is 7. The van der Waals surface area contributed by atoms with Crippen LogP contribution in [0.3, 0.4) is 0 Å². The molecule has 0 aliphatic carbocycles. The summed E-state index contributed by atoms with van der Waals surface area (Å²) in [5, 5.41) is 3.69. The molecule has 1 saturated heterocycles. The Bertz CT molecular complexity index is 647. The molecule has 6 nitrogen and oxygen atoms in total. The van der Waals surface area contributed by atoms with Crippen molar-refractivity contribution in [2.75, 3.05) is 43.7 Å². The first-order valence-electron chi connectivity index (χ1n) is 7.95. The van der Waals surface area contributed by atoms with Crippen molar-refractivity contribution in [1.82, 2.24) is 4.90 Å². The number of thiocarbonyl (C=S) groups is 1. The minimum Gasteiger partial charge on any atom is -0.494 e. The summed E-state index contributed by atoms with van der Waals surface area (Å²) in [6, 6.07) is 7.41. The molecule has 1 aliphatic rings. The van der Waals surface area contributed by atoms with Gasteiger partial charge in [0.05, 0.1) is 24.7 Å². The zero-order valence-electron chi connectivity index (χ0n) is 14.0. The van der Waals surface area contributed by atoms with E-state index >= 15 is 0 Å². The summed E-state index contributed by atoms with van der Waals surface area (Å²) in [4.78, 5) is 1.92. The lowest BCUT2D eigenvalue weighted by molar-refractivity contribution is 0.166. The molecule has 1 aromatic carbocycles. The lowest BCUT2D eigenvalue weighted by atomic mass is 10.2. The maximum Gasteiger partial charge on any atom is 0.173 e. The fraction of sp³-hybridized carbons (Fsp3) is 0.562. The third-order valence-corrected chi connectivity index (χ3v) is 5.95. The summed E-state index contributed by atoms with van der Waals surface area (Å²) in [7, 11) is -1.35. The predicted molar refractivity (Wildman–Crippen MR) is 99.5 cm³/mol. The smallest absolute Gasteiger partial charge is 0.173 e. The summed E-state index contributed by atoms with van der Waals surface area (Å²) >= 11 is 5.50. The van der Waals surface area contributed by atoms with Crippen LogP contribution in [-0.4, -0.2) is 62.8 Å².